The van der Waals surface area contributed by atoms with E-state index in [1.807, 2.05) is 6.07 Å². The van der Waals surface area contributed by atoms with E-state index < -0.39 is 11.8 Å². The number of carbonyl (C=O) groups is 2. The minimum atomic E-state index is -0.903. The lowest BCUT2D eigenvalue weighted by Crippen LogP contribution is -2.32. The summed E-state index contributed by atoms with van der Waals surface area (Å²) in [4.78, 5) is 23.6. The van der Waals surface area contributed by atoms with Crippen molar-refractivity contribution in [3.63, 3.8) is 0 Å². The molecule has 0 aromatic heterocycles. The van der Waals surface area contributed by atoms with E-state index in [0.29, 0.717) is 28.6 Å². The molecule has 0 radical (unpaired) electrons. The number of amides is 2. The van der Waals surface area contributed by atoms with Crippen LogP contribution in [0.2, 0.25) is 5.02 Å². The lowest BCUT2D eigenvalue weighted by Gasteiger charge is -2.07. The molecule has 0 aliphatic carbocycles. The molecule has 0 atom stereocenters. The van der Waals surface area contributed by atoms with Crippen molar-refractivity contribution in [2.24, 2.45) is 5.10 Å². The number of halogens is 2. The number of nitrogens with one attached hydrogen (secondary N) is 2. The number of hydrazone groups is 1. The molecule has 0 unspecified atom stereocenters. The molecule has 0 aliphatic heterocycles. The Morgan fingerprint density at radius 3 is 2.62 bits per heavy atom. The number of benzene rings is 2. The van der Waals surface area contributed by atoms with Gasteiger partial charge in [-0.2, -0.15) is 5.10 Å². The van der Waals surface area contributed by atoms with Crippen LogP contribution in [0.3, 0.4) is 0 Å². The molecule has 0 heterocycles. The molecule has 8 heteroatoms. The highest BCUT2D eigenvalue weighted by Gasteiger charge is 2.12. The average molecular weight is 437 g/mol. The van der Waals surface area contributed by atoms with E-state index >= 15 is 0 Å². The number of carbonyl (C=O) groups excluding carboxylic acids is 2. The Bertz CT molecular complexity index is 838. The Labute approximate surface area is 164 Å². The number of hydrogen-bond acceptors (Lipinski definition) is 4. The molecule has 2 amide bonds. The summed E-state index contributed by atoms with van der Waals surface area (Å²) in [5.41, 5.74) is 3.24. The highest BCUT2D eigenvalue weighted by molar-refractivity contribution is 9.10. The van der Waals surface area contributed by atoms with Gasteiger partial charge < -0.3 is 10.1 Å². The molecule has 0 spiro atoms. The fourth-order valence-corrected chi connectivity index (χ4v) is 2.34. The number of rotatable bonds is 6. The van der Waals surface area contributed by atoms with Crippen LogP contribution in [0.15, 0.2) is 64.7 Å². The van der Waals surface area contributed by atoms with Crippen molar-refractivity contribution < 1.29 is 14.3 Å². The van der Waals surface area contributed by atoms with Crippen LogP contribution in [0.5, 0.6) is 5.75 Å². The second kappa shape index (κ2) is 9.74. The highest BCUT2D eigenvalue weighted by Crippen LogP contribution is 2.21. The third-order valence-electron chi connectivity index (χ3n) is 3.01. The van der Waals surface area contributed by atoms with Gasteiger partial charge in [0.2, 0.25) is 0 Å². The summed E-state index contributed by atoms with van der Waals surface area (Å²) < 4.78 is 6.32. The molecule has 6 nitrogen and oxygen atoms in total. The van der Waals surface area contributed by atoms with E-state index in [9.17, 15) is 9.59 Å². The van der Waals surface area contributed by atoms with Crippen LogP contribution in [0.25, 0.3) is 0 Å². The van der Waals surface area contributed by atoms with Crippen molar-refractivity contribution in [2.45, 2.75) is 0 Å². The molecule has 0 fully saturated rings. The first-order valence-corrected chi connectivity index (χ1v) is 8.60. The molecule has 26 heavy (non-hydrogen) atoms. The highest BCUT2D eigenvalue weighted by atomic mass is 79.9. The van der Waals surface area contributed by atoms with Crippen LogP contribution in [0.1, 0.15) is 5.56 Å². The molecule has 2 N–H and O–H groups in total. The van der Waals surface area contributed by atoms with Crippen molar-refractivity contribution in [3.8, 4) is 5.75 Å². The van der Waals surface area contributed by atoms with Crippen molar-refractivity contribution >= 4 is 51.2 Å². The minimum Gasteiger partial charge on any atom is -0.489 e. The number of ether oxygens (including phenoxy) is 1. The van der Waals surface area contributed by atoms with E-state index in [4.69, 9.17) is 16.3 Å². The van der Waals surface area contributed by atoms with Gasteiger partial charge in [-0.25, -0.2) is 5.43 Å². The lowest BCUT2D eigenvalue weighted by molar-refractivity contribution is -0.136. The summed E-state index contributed by atoms with van der Waals surface area (Å²) in [6, 6.07) is 11.7. The second-order valence-electron chi connectivity index (χ2n) is 4.94. The van der Waals surface area contributed by atoms with Crippen molar-refractivity contribution in [3.05, 3.63) is 70.2 Å². The minimum absolute atomic E-state index is 0.332. The normalized spacial score (nSPS) is 10.4. The van der Waals surface area contributed by atoms with Crippen molar-refractivity contribution in [2.75, 3.05) is 11.9 Å². The maximum absolute atomic E-state index is 11.8. The monoisotopic (exact) mass is 435 g/mol. The standard InChI is InChI=1S/C18H15BrClN3O3/c1-2-9-26-16-8-3-13(19)10-12(16)11-21-23-18(25)17(24)22-15-6-4-14(20)5-7-15/h2-8,10-11H,1,9H2,(H,22,24)(H,23,25). The largest absolute Gasteiger partial charge is 0.489 e. The van der Waals surface area contributed by atoms with Gasteiger partial charge in [-0.1, -0.05) is 40.2 Å². The van der Waals surface area contributed by atoms with Crippen LogP contribution < -0.4 is 15.5 Å². The number of anilines is 1. The van der Waals surface area contributed by atoms with Gasteiger partial charge in [-0.15, -0.1) is 0 Å². The van der Waals surface area contributed by atoms with Gasteiger partial charge >= 0.3 is 11.8 Å². The van der Waals surface area contributed by atoms with Gasteiger partial charge in [0.15, 0.2) is 0 Å². The summed E-state index contributed by atoms with van der Waals surface area (Å²) in [6.45, 7) is 3.92. The Hall–Kier alpha value is -2.64. The first-order valence-electron chi connectivity index (χ1n) is 7.43. The molecule has 0 saturated heterocycles. The van der Waals surface area contributed by atoms with Crippen LogP contribution in [-0.4, -0.2) is 24.6 Å². The molecular weight excluding hydrogens is 422 g/mol. The molecule has 0 aliphatic rings. The van der Waals surface area contributed by atoms with Gasteiger partial charge in [0, 0.05) is 20.7 Å². The number of nitrogens with zero attached hydrogens (tertiary/aromatic N) is 1. The molecule has 134 valence electrons. The Morgan fingerprint density at radius 1 is 1.19 bits per heavy atom. The smallest absolute Gasteiger partial charge is 0.329 e. The zero-order chi connectivity index (χ0) is 18.9. The fraction of sp³-hybridized carbons (Fsp3) is 0.0556. The second-order valence-corrected chi connectivity index (χ2v) is 6.29. The van der Waals surface area contributed by atoms with Crippen LogP contribution in [0.4, 0.5) is 5.69 Å². The van der Waals surface area contributed by atoms with E-state index in [2.05, 4.69) is 38.4 Å². The van der Waals surface area contributed by atoms with Gasteiger partial charge in [0.25, 0.3) is 0 Å². The zero-order valence-corrected chi connectivity index (χ0v) is 15.9. The molecule has 0 bridgehead atoms. The predicted molar refractivity (Wildman–Crippen MR) is 106 cm³/mol. The Morgan fingerprint density at radius 2 is 1.92 bits per heavy atom. The Balaban J connectivity index is 1.97. The summed E-state index contributed by atoms with van der Waals surface area (Å²) in [7, 11) is 0. The van der Waals surface area contributed by atoms with Gasteiger partial charge in [-0.3, -0.25) is 9.59 Å². The summed E-state index contributed by atoms with van der Waals surface area (Å²) in [6.07, 6.45) is 3.00. The third kappa shape index (κ3) is 6.02. The van der Waals surface area contributed by atoms with E-state index in [0.717, 1.165) is 4.47 Å². The van der Waals surface area contributed by atoms with Gasteiger partial charge in [-0.05, 0) is 42.5 Å². The van der Waals surface area contributed by atoms with Gasteiger partial charge in [0.05, 0.1) is 6.21 Å². The van der Waals surface area contributed by atoms with Crippen LogP contribution >= 0.6 is 27.5 Å². The van der Waals surface area contributed by atoms with E-state index in [1.165, 1.54) is 6.21 Å². The zero-order valence-electron chi connectivity index (χ0n) is 13.5. The number of hydrogen-bond donors (Lipinski definition) is 2. The first-order chi connectivity index (χ1) is 12.5. The molecule has 2 rings (SSSR count). The fourth-order valence-electron chi connectivity index (χ4n) is 1.83. The average Bonchev–Trinajstić information content (AvgIpc) is 2.62. The maximum atomic E-state index is 11.8. The summed E-state index contributed by atoms with van der Waals surface area (Å²) in [5.74, 6) is -1.18. The quantitative estimate of drug-likeness (QED) is 0.313. The molecular formula is C18H15BrClN3O3. The van der Waals surface area contributed by atoms with E-state index in [-0.39, 0.29) is 0 Å². The molecule has 2 aromatic rings. The SMILES string of the molecule is C=CCOc1ccc(Br)cc1C=NNC(=O)C(=O)Nc1ccc(Cl)cc1. The van der Waals surface area contributed by atoms with Crippen molar-refractivity contribution in [1.29, 1.82) is 0 Å². The predicted octanol–water partition coefficient (Wildman–Crippen LogP) is 3.76. The maximum Gasteiger partial charge on any atom is 0.329 e. The lowest BCUT2D eigenvalue weighted by atomic mass is 10.2. The van der Waals surface area contributed by atoms with E-state index in [1.54, 1.807) is 42.5 Å². The molecule has 0 saturated carbocycles. The van der Waals surface area contributed by atoms with Gasteiger partial charge in [0.1, 0.15) is 12.4 Å². The van der Waals surface area contributed by atoms with Crippen LogP contribution in [0, 0.1) is 0 Å². The first kappa shape index (κ1) is 19.7. The topological polar surface area (TPSA) is 79.8 Å². The Kier molecular flexibility index (Phi) is 7.37. The third-order valence-corrected chi connectivity index (χ3v) is 3.75. The van der Waals surface area contributed by atoms with Crippen LogP contribution in [-0.2, 0) is 9.59 Å². The molecule has 2 aromatic carbocycles. The van der Waals surface area contributed by atoms with Crippen molar-refractivity contribution in [1.82, 2.24) is 5.43 Å². The summed E-state index contributed by atoms with van der Waals surface area (Å²) >= 11 is 9.12. The summed E-state index contributed by atoms with van der Waals surface area (Å²) in [5, 5.41) is 6.76.